The molecule has 2 rings (SSSR count). The number of halogens is 2. The van der Waals surface area contributed by atoms with E-state index in [9.17, 15) is 0 Å². The Morgan fingerprint density at radius 2 is 2.17 bits per heavy atom. The number of nitrogens with zero attached hydrogens (tertiary/aromatic N) is 2. The van der Waals surface area contributed by atoms with Gasteiger partial charge in [-0.1, -0.05) is 11.6 Å². The predicted octanol–water partition coefficient (Wildman–Crippen LogP) is 4.03. The van der Waals surface area contributed by atoms with E-state index in [0.29, 0.717) is 23.3 Å². The Labute approximate surface area is 118 Å². The Hall–Kier alpha value is -1.33. The van der Waals surface area contributed by atoms with E-state index in [1.54, 1.807) is 24.5 Å². The van der Waals surface area contributed by atoms with E-state index < -0.39 is 0 Å². The van der Waals surface area contributed by atoms with E-state index >= 15 is 0 Å². The minimum atomic E-state index is 0.581. The highest BCUT2D eigenvalue weighted by molar-refractivity contribution is 9.10. The number of aromatic nitrogens is 2. The van der Waals surface area contributed by atoms with E-state index in [-0.39, 0.29) is 0 Å². The van der Waals surface area contributed by atoms with Crippen LogP contribution in [0.3, 0.4) is 0 Å². The monoisotopic (exact) mass is 327 g/mol. The van der Waals surface area contributed by atoms with Crippen LogP contribution in [0.25, 0.3) is 0 Å². The van der Waals surface area contributed by atoms with Crippen LogP contribution in [0.4, 0.5) is 11.5 Å². The summed E-state index contributed by atoms with van der Waals surface area (Å²) in [5.41, 5.74) is 0.828. The maximum atomic E-state index is 5.83. The fraction of sp³-hybridized carbons (Fsp3) is 0.167. The smallest absolute Gasteiger partial charge is 0.213 e. The van der Waals surface area contributed by atoms with Crippen molar-refractivity contribution >= 4 is 39.0 Å². The molecule has 6 heteroatoms. The molecule has 0 aliphatic carbocycles. The van der Waals surface area contributed by atoms with Gasteiger partial charge in [0.25, 0.3) is 0 Å². The lowest BCUT2D eigenvalue weighted by Gasteiger charge is -2.08. The van der Waals surface area contributed by atoms with Gasteiger partial charge in [-0.3, -0.25) is 0 Å². The van der Waals surface area contributed by atoms with Crippen LogP contribution in [0.5, 0.6) is 5.88 Å². The normalized spacial score (nSPS) is 10.2. The topological polar surface area (TPSA) is 47.0 Å². The molecule has 0 fully saturated rings. The van der Waals surface area contributed by atoms with Crippen LogP contribution in [-0.4, -0.2) is 16.6 Å². The first kappa shape index (κ1) is 13.1. The molecule has 0 aliphatic rings. The van der Waals surface area contributed by atoms with Gasteiger partial charge >= 0.3 is 0 Å². The van der Waals surface area contributed by atoms with Gasteiger partial charge in [-0.25, -0.2) is 9.97 Å². The summed E-state index contributed by atoms with van der Waals surface area (Å²) in [6.07, 6.45) is 3.27. The van der Waals surface area contributed by atoms with Crippen LogP contribution in [-0.2, 0) is 0 Å². The molecule has 2 aromatic heterocycles. The number of anilines is 2. The Bertz CT molecular complexity index is 533. The zero-order valence-corrected chi connectivity index (χ0v) is 12.0. The molecule has 0 aromatic carbocycles. The average molecular weight is 329 g/mol. The van der Waals surface area contributed by atoms with E-state index in [1.165, 1.54) is 0 Å². The first-order chi connectivity index (χ1) is 8.69. The van der Waals surface area contributed by atoms with Crippen molar-refractivity contribution < 1.29 is 4.74 Å². The predicted molar refractivity (Wildman–Crippen MR) is 75.6 cm³/mol. The average Bonchev–Trinajstić information content (AvgIpc) is 2.35. The van der Waals surface area contributed by atoms with Gasteiger partial charge in [-0.15, -0.1) is 0 Å². The lowest BCUT2D eigenvalue weighted by Crippen LogP contribution is -1.97. The van der Waals surface area contributed by atoms with E-state index in [2.05, 4.69) is 31.2 Å². The van der Waals surface area contributed by atoms with Gasteiger partial charge in [0.15, 0.2) is 0 Å². The molecule has 0 aliphatic heterocycles. The largest absolute Gasteiger partial charge is 0.478 e. The third-order valence-electron chi connectivity index (χ3n) is 2.10. The summed E-state index contributed by atoms with van der Waals surface area (Å²) in [5, 5.41) is 3.71. The van der Waals surface area contributed by atoms with Crippen LogP contribution in [0.1, 0.15) is 6.92 Å². The van der Waals surface area contributed by atoms with Crippen molar-refractivity contribution in [3.05, 3.63) is 40.1 Å². The molecule has 0 saturated carbocycles. The first-order valence-electron chi connectivity index (χ1n) is 5.36. The highest BCUT2D eigenvalue weighted by Crippen LogP contribution is 2.26. The second-order valence-electron chi connectivity index (χ2n) is 3.43. The van der Waals surface area contributed by atoms with Crippen molar-refractivity contribution in [1.82, 2.24) is 9.97 Å². The third kappa shape index (κ3) is 3.34. The highest BCUT2D eigenvalue weighted by Gasteiger charge is 2.03. The van der Waals surface area contributed by atoms with Crippen LogP contribution in [0.2, 0.25) is 5.02 Å². The Balaban J connectivity index is 2.13. The van der Waals surface area contributed by atoms with Crippen LogP contribution in [0.15, 0.2) is 35.1 Å². The van der Waals surface area contributed by atoms with Gasteiger partial charge in [0.1, 0.15) is 5.82 Å². The molecule has 1 N–H and O–H groups in total. The van der Waals surface area contributed by atoms with Gasteiger partial charge in [-0.05, 0) is 35.0 Å². The highest BCUT2D eigenvalue weighted by atomic mass is 79.9. The molecular weight excluding hydrogens is 318 g/mol. The fourth-order valence-electron chi connectivity index (χ4n) is 1.33. The summed E-state index contributed by atoms with van der Waals surface area (Å²) in [5.74, 6) is 1.29. The molecule has 4 nitrogen and oxygen atoms in total. The molecule has 0 saturated heterocycles. The molecule has 2 aromatic rings. The van der Waals surface area contributed by atoms with E-state index in [0.717, 1.165) is 10.2 Å². The molecule has 0 amide bonds. The second kappa shape index (κ2) is 6.02. The Kier molecular flexibility index (Phi) is 4.38. The van der Waals surface area contributed by atoms with Gasteiger partial charge in [0, 0.05) is 12.3 Å². The number of hydrogen-bond acceptors (Lipinski definition) is 4. The number of pyridine rings is 2. The zero-order chi connectivity index (χ0) is 13.0. The van der Waals surface area contributed by atoms with Crippen LogP contribution >= 0.6 is 27.5 Å². The van der Waals surface area contributed by atoms with Crippen molar-refractivity contribution in [2.45, 2.75) is 6.92 Å². The molecule has 18 heavy (non-hydrogen) atoms. The SMILES string of the molecule is CCOc1ccc(Nc2ncc(Cl)cc2Br)cn1. The fourth-order valence-corrected chi connectivity index (χ4v) is 2.07. The minimum absolute atomic E-state index is 0.581. The van der Waals surface area contributed by atoms with Gasteiger partial charge in [-0.2, -0.15) is 0 Å². The summed E-state index contributed by atoms with van der Waals surface area (Å²) >= 11 is 9.22. The summed E-state index contributed by atoms with van der Waals surface area (Å²) in [6, 6.07) is 5.45. The molecular formula is C12H11BrClN3O. The van der Waals surface area contributed by atoms with Crippen molar-refractivity contribution in [3.8, 4) is 5.88 Å². The maximum Gasteiger partial charge on any atom is 0.213 e. The maximum absolute atomic E-state index is 5.83. The van der Waals surface area contributed by atoms with E-state index in [1.807, 2.05) is 13.0 Å². The van der Waals surface area contributed by atoms with Crippen molar-refractivity contribution in [3.63, 3.8) is 0 Å². The number of hydrogen-bond donors (Lipinski definition) is 1. The second-order valence-corrected chi connectivity index (χ2v) is 4.72. The zero-order valence-electron chi connectivity index (χ0n) is 9.65. The summed E-state index contributed by atoms with van der Waals surface area (Å²) < 4.78 is 6.06. The summed E-state index contributed by atoms with van der Waals surface area (Å²) in [4.78, 5) is 8.34. The standard InChI is InChI=1S/C12H11BrClN3O/c1-2-18-11-4-3-9(7-15-11)17-12-10(13)5-8(14)6-16-12/h3-7H,2H2,1H3,(H,16,17). The molecule has 0 bridgehead atoms. The summed E-state index contributed by atoms with van der Waals surface area (Å²) in [7, 11) is 0. The van der Waals surface area contributed by atoms with Crippen molar-refractivity contribution in [2.75, 3.05) is 11.9 Å². The molecule has 0 atom stereocenters. The first-order valence-corrected chi connectivity index (χ1v) is 6.53. The van der Waals surface area contributed by atoms with Gasteiger partial charge < -0.3 is 10.1 Å². The number of nitrogens with one attached hydrogen (secondary N) is 1. The molecule has 94 valence electrons. The molecule has 0 unspecified atom stereocenters. The van der Waals surface area contributed by atoms with Crippen LogP contribution < -0.4 is 10.1 Å². The lowest BCUT2D eigenvalue weighted by atomic mass is 10.4. The Morgan fingerprint density at radius 3 is 2.78 bits per heavy atom. The number of ether oxygens (including phenoxy) is 1. The quantitative estimate of drug-likeness (QED) is 0.920. The Morgan fingerprint density at radius 1 is 1.33 bits per heavy atom. The van der Waals surface area contributed by atoms with Crippen molar-refractivity contribution in [1.29, 1.82) is 0 Å². The number of rotatable bonds is 4. The van der Waals surface area contributed by atoms with Gasteiger partial charge in [0.2, 0.25) is 5.88 Å². The van der Waals surface area contributed by atoms with Crippen molar-refractivity contribution in [2.24, 2.45) is 0 Å². The van der Waals surface area contributed by atoms with E-state index in [4.69, 9.17) is 16.3 Å². The molecule has 0 spiro atoms. The van der Waals surface area contributed by atoms with Crippen LogP contribution in [0, 0.1) is 0 Å². The molecule has 0 radical (unpaired) electrons. The minimum Gasteiger partial charge on any atom is -0.478 e. The summed E-state index contributed by atoms with van der Waals surface area (Å²) in [6.45, 7) is 2.52. The van der Waals surface area contributed by atoms with Gasteiger partial charge in [0.05, 0.1) is 28.0 Å². The third-order valence-corrected chi connectivity index (χ3v) is 2.91. The molecule has 2 heterocycles. The lowest BCUT2D eigenvalue weighted by molar-refractivity contribution is 0.327.